The third-order valence-electron chi connectivity index (χ3n) is 9.77. The number of para-hydroxylation sites is 3. The van der Waals surface area contributed by atoms with Crippen LogP contribution < -0.4 is 4.90 Å². The number of thiophene rings is 1. The third-order valence-corrected chi connectivity index (χ3v) is 11.0. The van der Waals surface area contributed by atoms with E-state index >= 15 is 0 Å². The average molecular weight is 643 g/mol. The molecule has 49 heavy (non-hydrogen) atoms. The maximum atomic E-state index is 2.48. The summed E-state index contributed by atoms with van der Waals surface area (Å²) in [4.78, 5) is 2.48. The Hall–Kier alpha value is -6.16. The van der Waals surface area contributed by atoms with Crippen LogP contribution >= 0.6 is 11.3 Å². The number of nitrogens with zero attached hydrogens (tertiary/aromatic N) is 2. The molecule has 0 aliphatic rings. The lowest BCUT2D eigenvalue weighted by molar-refractivity contribution is 1.18. The highest BCUT2D eigenvalue weighted by atomic mass is 32.1. The zero-order valence-electron chi connectivity index (χ0n) is 26.6. The normalized spacial score (nSPS) is 11.7. The van der Waals surface area contributed by atoms with Crippen molar-refractivity contribution in [1.82, 2.24) is 4.57 Å². The van der Waals surface area contributed by atoms with Crippen LogP contribution in [0.5, 0.6) is 0 Å². The van der Waals surface area contributed by atoms with Gasteiger partial charge in [0.1, 0.15) is 0 Å². The Morgan fingerprint density at radius 3 is 2.00 bits per heavy atom. The second-order valence-electron chi connectivity index (χ2n) is 12.5. The van der Waals surface area contributed by atoms with Gasteiger partial charge in [-0.2, -0.15) is 0 Å². The predicted molar refractivity (Wildman–Crippen MR) is 211 cm³/mol. The molecule has 0 fully saturated rings. The summed E-state index contributed by atoms with van der Waals surface area (Å²) in [6.07, 6.45) is 0. The van der Waals surface area contributed by atoms with Gasteiger partial charge in [0.25, 0.3) is 0 Å². The fourth-order valence-electron chi connectivity index (χ4n) is 7.62. The van der Waals surface area contributed by atoms with Crippen molar-refractivity contribution in [2.24, 2.45) is 0 Å². The molecule has 0 aliphatic heterocycles. The SMILES string of the molecule is c1ccc(-c2ccccc2N(c2ccc3c(c2)c2ccccc2n3-c2ccccc2)c2cccc3c2sc2ccc4ccccc4c23)cc1. The first-order valence-corrected chi connectivity index (χ1v) is 17.5. The van der Waals surface area contributed by atoms with E-state index < -0.39 is 0 Å². The van der Waals surface area contributed by atoms with Crippen LogP contribution in [0.4, 0.5) is 17.1 Å². The Morgan fingerprint density at radius 1 is 0.449 bits per heavy atom. The van der Waals surface area contributed by atoms with Gasteiger partial charge in [0, 0.05) is 43.2 Å². The molecule has 0 radical (unpaired) electrons. The number of rotatable bonds is 5. The van der Waals surface area contributed by atoms with E-state index in [9.17, 15) is 0 Å². The van der Waals surface area contributed by atoms with Crippen LogP contribution in [0.2, 0.25) is 0 Å². The van der Waals surface area contributed by atoms with Crippen LogP contribution in [0.1, 0.15) is 0 Å². The van der Waals surface area contributed by atoms with E-state index in [1.807, 2.05) is 11.3 Å². The lowest BCUT2D eigenvalue weighted by Crippen LogP contribution is -2.11. The number of anilines is 3. The zero-order chi connectivity index (χ0) is 32.3. The van der Waals surface area contributed by atoms with Gasteiger partial charge in [-0.05, 0) is 70.9 Å². The molecule has 0 N–H and O–H groups in total. The monoisotopic (exact) mass is 642 g/mol. The molecule has 10 aromatic rings. The zero-order valence-corrected chi connectivity index (χ0v) is 27.4. The lowest BCUT2D eigenvalue weighted by Gasteiger charge is -2.28. The number of aromatic nitrogens is 1. The molecule has 0 amide bonds. The molecular formula is C46H30N2S. The summed E-state index contributed by atoms with van der Waals surface area (Å²) in [5, 5.41) is 7.66. The molecule has 8 aromatic carbocycles. The molecule has 3 heteroatoms. The van der Waals surface area contributed by atoms with Gasteiger partial charge in [-0.1, -0.05) is 127 Å². The second kappa shape index (κ2) is 11.2. The lowest BCUT2D eigenvalue weighted by atomic mass is 10.0. The van der Waals surface area contributed by atoms with Gasteiger partial charge in [0.05, 0.1) is 27.1 Å². The molecule has 2 heterocycles. The van der Waals surface area contributed by atoms with Gasteiger partial charge in [-0.3, -0.25) is 0 Å². The summed E-state index contributed by atoms with van der Waals surface area (Å²) < 4.78 is 4.97. The van der Waals surface area contributed by atoms with Crippen LogP contribution in [0, 0.1) is 0 Å². The molecule has 2 aromatic heterocycles. The van der Waals surface area contributed by atoms with Gasteiger partial charge in [-0.15, -0.1) is 11.3 Å². The highest BCUT2D eigenvalue weighted by molar-refractivity contribution is 7.26. The summed E-state index contributed by atoms with van der Waals surface area (Å²) in [5.74, 6) is 0. The van der Waals surface area contributed by atoms with E-state index in [1.54, 1.807) is 0 Å². The van der Waals surface area contributed by atoms with Crippen molar-refractivity contribution in [3.05, 3.63) is 182 Å². The van der Waals surface area contributed by atoms with Gasteiger partial charge in [0.15, 0.2) is 0 Å². The van der Waals surface area contributed by atoms with Crippen molar-refractivity contribution in [2.45, 2.75) is 0 Å². The quantitative estimate of drug-likeness (QED) is 0.181. The van der Waals surface area contributed by atoms with E-state index in [4.69, 9.17) is 0 Å². The number of hydrogen-bond acceptors (Lipinski definition) is 2. The molecule has 0 saturated carbocycles. The molecule has 0 spiro atoms. The summed E-state index contributed by atoms with van der Waals surface area (Å²) in [5.41, 5.74) is 9.40. The first-order valence-electron chi connectivity index (χ1n) is 16.7. The molecule has 0 unspecified atom stereocenters. The maximum Gasteiger partial charge on any atom is 0.0640 e. The van der Waals surface area contributed by atoms with Crippen molar-refractivity contribution >= 4 is 81.1 Å². The Kier molecular flexibility index (Phi) is 6.39. The van der Waals surface area contributed by atoms with Crippen molar-refractivity contribution in [3.8, 4) is 16.8 Å². The third kappa shape index (κ3) is 4.40. The van der Waals surface area contributed by atoms with Gasteiger partial charge >= 0.3 is 0 Å². The minimum atomic E-state index is 1.13. The molecule has 10 rings (SSSR count). The molecule has 0 bridgehead atoms. The molecule has 0 saturated heterocycles. The number of benzene rings is 8. The standard InChI is InChI=1S/C46H30N2S/c1-3-14-31(15-4-1)35-19-9-11-23-40(35)48(43-25-13-22-38-45-36-20-8-7-16-32(36)26-29-44(45)49-46(38)43)34-27-28-42-39(30-34)37-21-10-12-24-41(37)47(42)33-17-5-2-6-18-33/h1-30H. The Bertz CT molecular complexity index is 2830. The minimum absolute atomic E-state index is 1.13. The van der Waals surface area contributed by atoms with Crippen LogP contribution in [-0.2, 0) is 0 Å². The fraction of sp³-hybridized carbons (Fsp3) is 0. The molecule has 0 aliphatic carbocycles. The highest BCUT2D eigenvalue weighted by Crippen LogP contribution is 2.49. The molecule has 2 nitrogen and oxygen atoms in total. The highest BCUT2D eigenvalue weighted by Gasteiger charge is 2.23. The van der Waals surface area contributed by atoms with Crippen LogP contribution in [0.25, 0.3) is 69.6 Å². The molecule has 230 valence electrons. The largest absolute Gasteiger partial charge is 0.309 e. The maximum absolute atomic E-state index is 2.48. The Balaban J connectivity index is 1.29. The van der Waals surface area contributed by atoms with E-state index in [-0.39, 0.29) is 0 Å². The Labute approximate surface area is 288 Å². The van der Waals surface area contributed by atoms with E-state index in [0.29, 0.717) is 0 Å². The molecular weight excluding hydrogens is 613 g/mol. The van der Waals surface area contributed by atoms with Crippen LogP contribution in [0.3, 0.4) is 0 Å². The van der Waals surface area contributed by atoms with E-state index in [0.717, 1.165) is 17.1 Å². The predicted octanol–water partition coefficient (Wildman–Crippen LogP) is 13.4. The smallest absolute Gasteiger partial charge is 0.0640 e. The summed E-state index contributed by atoms with van der Waals surface area (Å²) >= 11 is 1.88. The number of hydrogen-bond donors (Lipinski definition) is 0. The van der Waals surface area contributed by atoms with Gasteiger partial charge < -0.3 is 9.47 Å². The topological polar surface area (TPSA) is 8.17 Å². The van der Waals surface area contributed by atoms with Crippen LogP contribution in [0.15, 0.2) is 182 Å². The number of fused-ring (bicyclic) bond motifs is 8. The Morgan fingerprint density at radius 2 is 1.12 bits per heavy atom. The summed E-state index contributed by atoms with van der Waals surface area (Å²) in [6.45, 7) is 0. The molecule has 0 atom stereocenters. The fourth-order valence-corrected chi connectivity index (χ4v) is 8.84. The first kappa shape index (κ1) is 27.9. The summed E-state index contributed by atoms with van der Waals surface area (Å²) in [7, 11) is 0. The van der Waals surface area contributed by atoms with Crippen LogP contribution in [-0.4, -0.2) is 4.57 Å². The van der Waals surface area contributed by atoms with Crippen molar-refractivity contribution < 1.29 is 0 Å². The van der Waals surface area contributed by atoms with Gasteiger partial charge in [-0.25, -0.2) is 0 Å². The minimum Gasteiger partial charge on any atom is -0.309 e. The van der Waals surface area contributed by atoms with Crippen molar-refractivity contribution in [3.63, 3.8) is 0 Å². The van der Waals surface area contributed by atoms with E-state index in [1.165, 1.54) is 69.6 Å². The second-order valence-corrected chi connectivity index (χ2v) is 13.6. The van der Waals surface area contributed by atoms with Crippen molar-refractivity contribution in [1.29, 1.82) is 0 Å². The van der Waals surface area contributed by atoms with Gasteiger partial charge in [0.2, 0.25) is 0 Å². The van der Waals surface area contributed by atoms with E-state index in [2.05, 4.69) is 191 Å². The first-order chi connectivity index (χ1) is 24.3. The average Bonchev–Trinajstić information content (AvgIpc) is 3.72. The van der Waals surface area contributed by atoms with Crippen molar-refractivity contribution in [2.75, 3.05) is 4.90 Å². The summed E-state index contributed by atoms with van der Waals surface area (Å²) in [6, 6.07) is 66.1.